The van der Waals surface area contributed by atoms with Gasteiger partial charge in [-0.05, 0) is 68.7 Å². The second-order valence-corrected chi connectivity index (χ2v) is 11.3. The fraction of sp³-hybridized carbons (Fsp3) is 0.500. The van der Waals surface area contributed by atoms with Crippen LogP contribution in [0.25, 0.3) is 0 Å². The second-order valence-electron chi connectivity index (χ2n) is 11.3. The minimum absolute atomic E-state index is 0.0638. The minimum atomic E-state index is -1.08. The fourth-order valence-corrected chi connectivity index (χ4v) is 5.07. The molecule has 1 aliphatic heterocycles. The Hall–Kier alpha value is -3.96. The van der Waals surface area contributed by atoms with Gasteiger partial charge < -0.3 is 37.2 Å². The maximum atomic E-state index is 13.5. The number of rotatable bonds is 11. The number of fused-ring (bicyclic) bond motifs is 2. The van der Waals surface area contributed by atoms with Crippen LogP contribution in [0.5, 0.6) is 0 Å². The van der Waals surface area contributed by atoms with E-state index in [0.29, 0.717) is 38.5 Å². The Morgan fingerprint density at radius 3 is 2.49 bits per heavy atom. The third kappa shape index (κ3) is 11.0. The van der Waals surface area contributed by atoms with Crippen LogP contribution in [0.2, 0.25) is 0 Å². The summed E-state index contributed by atoms with van der Waals surface area (Å²) in [7, 11) is 0. The van der Waals surface area contributed by atoms with Gasteiger partial charge in [0.2, 0.25) is 17.7 Å². The number of carboxylic acid groups (broad SMARTS) is 1. The standard InChI is InChI=1S/C32H45N5O6/c1-3-6-25-31(42)37-27(28(38)19-34-23-13-11-20(2)12-14-23)18-22-9-4-7-21(17-22)8-5-10-26(32(43)36-25)35-30(41)24(33)15-16-29(39)40/h4,7,9,11-14,17,24-28,34,38H,3,5-6,8,10,15-16,18-19,33H2,1-2H3,(H,35,41)(H,36,43)(H,37,42)(H,39,40)/t24-,25-,26-,27-,28+/m0/s1. The molecule has 1 aliphatic rings. The summed E-state index contributed by atoms with van der Waals surface area (Å²) in [4.78, 5) is 50.6. The summed E-state index contributed by atoms with van der Waals surface area (Å²) in [6.45, 7) is 4.10. The van der Waals surface area contributed by atoms with Gasteiger partial charge in [0.15, 0.2) is 0 Å². The van der Waals surface area contributed by atoms with E-state index in [1.807, 2.05) is 62.4 Å². The van der Waals surface area contributed by atoms with Crippen molar-refractivity contribution in [3.63, 3.8) is 0 Å². The predicted molar refractivity (Wildman–Crippen MR) is 164 cm³/mol. The zero-order valence-electron chi connectivity index (χ0n) is 25.0. The number of hydrogen-bond donors (Lipinski definition) is 7. The Balaban J connectivity index is 1.81. The number of amides is 3. The Labute approximate surface area is 253 Å². The number of hydrogen-bond acceptors (Lipinski definition) is 7. The van der Waals surface area contributed by atoms with Crippen molar-refractivity contribution < 1.29 is 29.4 Å². The molecule has 2 aromatic rings. The Bertz CT molecular complexity index is 1240. The van der Waals surface area contributed by atoms with Gasteiger partial charge >= 0.3 is 5.97 Å². The van der Waals surface area contributed by atoms with E-state index in [9.17, 15) is 24.3 Å². The highest BCUT2D eigenvalue weighted by Gasteiger charge is 2.30. The number of benzene rings is 2. The maximum absolute atomic E-state index is 13.5. The van der Waals surface area contributed by atoms with Gasteiger partial charge in [-0.25, -0.2) is 0 Å². The Kier molecular flexibility index (Phi) is 13.0. The van der Waals surface area contributed by atoms with Crippen LogP contribution in [0.15, 0.2) is 48.5 Å². The van der Waals surface area contributed by atoms with Crippen LogP contribution >= 0.6 is 0 Å². The molecule has 0 unspecified atom stereocenters. The highest BCUT2D eigenvalue weighted by Crippen LogP contribution is 2.16. The van der Waals surface area contributed by atoms with E-state index in [2.05, 4.69) is 21.3 Å². The molecule has 2 bridgehead atoms. The first-order valence-corrected chi connectivity index (χ1v) is 15.0. The average molecular weight is 596 g/mol. The van der Waals surface area contributed by atoms with Gasteiger partial charge in [-0.2, -0.15) is 0 Å². The third-order valence-electron chi connectivity index (χ3n) is 7.61. The molecule has 11 heteroatoms. The zero-order chi connectivity index (χ0) is 31.4. The van der Waals surface area contributed by atoms with Crippen LogP contribution in [0, 0.1) is 6.92 Å². The topological polar surface area (TPSA) is 183 Å². The number of nitrogens with two attached hydrogens (primary N) is 1. The molecule has 234 valence electrons. The molecule has 1 heterocycles. The first-order chi connectivity index (χ1) is 20.5. The van der Waals surface area contributed by atoms with Crippen molar-refractivity contribution in [3.05, 3.63) is 65.2 Å². The maximum Gasteiger partial charge on any atom is 0.303 e. The van der Waals surface area contributed by atoms with Gasteiger partial charge in [-0.3, -0.25) is 19.2 Å². The Morgan fingerprint density at radius 1 is 1.07 bits per heavy atom. The van der Waals surface area contributed by atoms with Crippen molar-refractivity contribution >= 4 is 29.4 Å². The summed E-state index contributed by atoms with van der Waals surface area (Å²) < 4.78 is 0. The molecule has 0 saturated carbocycles. The SMILES string of the molecule is CCC[C@@H]1NC(=O)[C@@H](NC(=O)[C@@H](N)CCC(=O)O)CCCc2cccc(c2)C[C@@H]([C@H](O)CNc2ccc(C)cc2)NC1=O. The van der Waals surface area contributed by atoms with Gasteiger partial charge in [-0.15, -0.1) is 0 Å². The molecule has 0 radical (unpaired) electrons. The van der Waals surface area contributed by atoms with E-state index in [4.69, 9.17) is 10.8 Å². The van der Waals surface area contributed by atoms with Gasteiger partial charge in [0.1, 0.15) is 12.1 Å². The van der Waals surface area contributed by atoms with Crippen molar-refractivity contribution in [3.8, 4) is 0 Å². The van der Waals surface area contributed by atoms with Gasteiger partial charge in [0.05, 0.1) is 18.2 Å². The molecule has 8 N–H and O–H groups in total. The summed E-state index contributed by atoms with van der Waals surface area (Å²) in [5.41, 5.74) is 9.85. The number of carboxylic acids is 1. The second kappa shape index (κ2) is 16.6. The highest BCUT2D eigenvalue weighted by molar-refractivity contribution is 5.93. The zero-order valence-corrected chi connectivity index (χ0v) is 25.0. The molecule has 0 fully saturated rings. The summed E-state index contributed by atoms with van der Waals surface area (Å²) in [5.74, 6) is -2.63. The quantitative estimate of drug-likeness (QED) is 0.205. The van der Waals surface area contributed by atoms with Crippen molar-refractivity contribution in [1.82, 2.24) is 16.0 Å². The molecule has 2 aromatic carbocycles. The molecule has 0 saturated heterocycles. The van der Waals surface area contributed by atoms with E-state index in [1.165, 1.54) is 0 Å². The summed E-state index contributed by atoms with van der Waals surface area (Å²) in [6, 6.07) is 12.1. The third-order valence-corrected chi connectivity index (χ3v) is 7.61. The summed E-state index contributed by atoms with van der Waals surface area (Å²) in [6.07, 6.45) is 1.62. The molecule has 11 nitrogen and oxygen atoms in total. The van der Waals surface area contributed by atoms with Crippen LogP contribution in [0.4, 0.5) is 5.69 Å². The van der Waals surface area contributed by atoms with Crippen LogP contribution in [-0.4, -0.2) is 70.7 Å². The minimum Gasteiger partial charge on any atom is -0.481 e. The van der Waals surface area contributed by atoms with E-state index in [0.717, 1.165) is 22.4 Å². The van der Waals surface area contributed by atoms with Crippen molar-refractivity contribution in [2.75, 3.05) is 11.9 Å². The van der Waals surface area contributed by atoms with E-state index < -0.39 is 54.0 Å². The first kappa shape index (κ1) is 33.5. The number of aliphatic carboxylic acids is 1. The lowest BCUT2D eigenvalue weighted by atomic mass is 9.96. The number of aliphatic hydroxyl groups excluding tert-OH is 1. The van der Waals surface area contributed by atoms with Crippen LogP contribution in [0.1, 0.15) is 62.1 Å². The molecular weight excluding hydrogens is 550 g/mol. The first-order valence-electron chi connectivity index (χ1n) is 15.0. The highest BCUT2D eigenvalue weighted by atomic mass is 16.4. The predicted octanol–water partition coefficient (Wildman–Crippen LogP) is 1.79. The largest absolute Gasteiger partial charge is 0.481 e. The number of nitrogens with one attached hydrogen (secondary N) is 4. The lowest BCUT2D eigenvalue weighted by Gasteiger charge is -2.29. The molecule has 0 aromatic heterocycles. The van der Waals surface area contributed by atoms with Gasteiger partial charge in [-0.1, -0.05) is 55.3 Å². The van der Waals surface area contributed by atoms with E-state index in [1.54, 1.807) is 0 Å². The van der Waals surface area contributed by atoms with Gasteiger partial charge in [0.25, 0.3) is 0 Å². The van der Waals surface area contributed by atoms with Crippen LogP contribution < -0.4 is 27.0 Å². The molecule has 3 rings (SSSR count). The van der Waals surface area contributed by atoms with Crippen molar-refractivity contribution in [1.29, 1.82) is 0 Å². The molecule has 3 amide bonds. The summed E-state index contributed by atoms with van der Waals surface area (Å²) >= 11 is 0. The molecular formula is C32H45N5O6. The molecule has 0 spiro atoms. The Morgan fingerprint density at radius 2 is 1.79 bits per heavy atom. The molecule has 43 heavy (non-hydrogen) atoms. The number of aryl methyl sites for hydroxylation is 2. The van der Waals surface area contributed by atoms with E-state index in [-0.39, 0.29) is 19.4 Å². The van der Waals surface area contributed by atoms with Gasteiger partial charge in [0, 0.05) is 18.7 Å². The number of carbonyl (C=O) groups is 4. The lowest BCUT2D eigenvalue weighted by Crippen LogP contribution is -2.58. The fourth-order valence-electron chi connectivity index (χ4n) is 5.07. The smallest absolute Gasteiger partial charge is 0.303 e. The lowest BCUT2D eigenvalue weighted by molar-refractivity contribution is -0.137. The number of carbonyl (C=O) groups excluding carboxylic acids is 3. The van der Waals surface area contributed by atoms with Crippen molar-refractivity contribution in [2.24, 2.45) is 5.73 Å². The monoisotopic (exact) mass is 595 g/mol. The van der Waals surface area contributed by atoms with E-state index >= 15 is 0 Å². The van der Waals surface area contributed by atoms with Crippen molar-refractivity contribution in [2.45, 2.75) is 95.5 Å². The average Bonchev–Trinajstić information content (AvgIpc) is 2.97. The number of aliphatic hydroxyl groups is 1. The molecule has 5 atom stereocenters. The molecule has 0 aliphatic carbocycles. The normalized spacial score (nSPS) is 21.0. The van der Waals surface area contributed by atoms with Crippen LogP contribution in [-0.2, 0) is 32.0 Å². The van der Waals surface area contributed by atoms with Crippen LogP contribution in [0.3, 0.4) is 0 Å². The number of anilines is 1. The summed E-state index contributed by atoms with van der Waals surface area (Å²) in [5, 5.41) is 31.8.